The summed E-state index contributed by atoms with van der Waals surface area (Å²) in [6, 6.07) is 50.3. The number of benzene rings is 7. The molecule has 0 spiro atoms. The van der Waals surface area contributed by atoms with Crippen LogP contribution in [0.3, 0.4) is 0 Å². The smallest absolute Gasteiger partial charge is 0.0497 e. The summed E-state index contributed by atoms with van der Waals surface area (Å²) in [6.07, 6.45) is 12.1. The molecule has 0 unspecified atom stereocenters. The van der Waals surface area contributed by atoms with Gasteiger partial charge in [-0.1, -0.05) is 153 Å². The maximum Gasteiger partial charge on any atom is 0.0497 e. The lowest BCUT2D eigenvalue weighted by atomic mass is 9.98. The third kappa shape index (κ3) is 7.89. The summed E-state index contributed by atoms with van der Waals surface area (Å²) in [5.74, 6) is 0. The lowest BCUT2D eigenvalue weighted by Crippen LogP contribution is -2.22. The summed E-state index contributed by atoms with van der Waals surface area (Å²) in [4.78, 5) is 2.46. The number of allylic oxidation sites excluding steroid dienone is 6. The van der Waals surface area contributed by atoms with Crippen molar-refractivity contribution in [3.63, 3.8) is 0 Å². The third-order valence-corrected chi connectivity index (χ3v) is 9.81. The largest absolute Gasteiger partial charge is 0.341 e. The van der Waals surface area contributed by atoms with Crippen molar-refractivity contribution in [3.8, 4) is 0 Å². The summed E-state index contributed by atoms with van der Waals surface area (Å²) in [5.41, 5.74) is 7.98. The van der Waals surface area contributed by atoms with Gasteiger partial charge in [-0.05, 0) is 117 Å². The van der Waals surface area contributed by atoms with E-state index in [1.807, 2.05) is 19.9 Å². The Morgan fingerprint density at radius 1 is 0.608 bits per heavy atom. The Labute approximate surface area is 304 Å². The molecule has 1 heteroatoms. The lowest BCUT2D eigenvalue weighted by molar-refractivity contribution is 0.808. The molecule has 0 N–H and O–H groups in total. The van der Waals surface area contributed by atoms with Crippen molar-refractivity contribution < 1.29 is 0 Å². The molecule has 7 aromatic carbocycles. The lowest BCUT2D eigenvalue weighted by Gasteiger charge is -2.28. The van der Waals surface area contributed by atoms with Crippen LogP contribution in [0.15, 0.2) is 176 Å². The van der Waals surface area contributed by atoms with Crippen LogP contribution in [0.4, 0.5) is 5.69 Å². The molecule has 1 aliphatic rings. The van der Waals surface area contributed by atoms with Gasteiger partial charge < -0.3 is 4.90 Å². The standard InChI is InChI=1S/C34H29N.C14H14.C2H6/c1-2-22-35(34-24-29-12-5-6-15-31(29)32-16-7-8-17-33(32)34)30-14-9-13-26(20-21-30)28-19-18-25-10-3-4-11-27(25)23-28;1-3-11(2)13-9-8-12-6-4-5-7-14(12)10-13;1-2/h2-8,10-12,15-21,23-24H,1,9,13-14,22H2;3-10H,1-2H3;1-2H3/b;11-3+;. The van der Waals surface area contributed by atoms with E-state index >= 15 is 0 Å². The number of fused-ring (bicyclic) bond motifs is 5. The molecule has 0 amide bonds. The zero-order chi connectivity index (χ0) is 35.6. The fraction of sp³-hybridized carbons (Fsp3) is 0.160. The highest BCUT2D eigenvalue weighted by atomic mass is 15.1. The van der Waals surface area contributed by atoms with E-state index in [4.69, 9.17) is 0 Å². The molecule has 0 atom stereocenters. The molecule has 0 saturated heterocycles. The first-order valence-electron chi connectivity index (χ1n) is 18.4. The molecule has 0 fully saturated rings. The van der Waals surface area contributed by atoms with Gasteiger partial charge in [0.15, 0.2) is 0 Å². The normalized spacial score (nSPS) is 13.0. The maximum absolute atomic E-state index is 4.09. The van der Waals surface area contributed by atoms with Crippen molar-refractivity contribution >= 4 is 59.9 Å². The van der Waals surface area contributed by atoms with Gasteiger partial charge in [0.05, 0.1) is 0 Å². The molecule has 8 rings (SSSR count). The third-order valence-electron chi connectivity index (χ3n) is 9.81. The van der Waals surface area contributed by atoms with E-state index in [1.165, 1.54) is 76.7 Å². The van der Waals surface area contributed by atoms with E-state index < -0.39 is 0 Å². The monoisotopic (exact) mass is 663 g/mol. The molecule has 0 aliphatic heterocycles. The summed E-state index contributed by atoms with van der Waals surface area (Å²) in [5, 5.41) is 10.4. The molecular formula is C50H49N. The van der Waals surface area contributed by atoms with Gasteiger partial charge in [-0.15, -0.1) is 6.58 Å². The predicted octanol–water partition coefficient (Wildman–Crippen LogP) is 14.6. The Kier molecular flexibility index (Phi) is 11.6. The highest BCUT2D eigenvalue weighted by Crippen LogP contribution is 2.38. The summed E-state index contributed by atoms with van der Waals surface area (Å²) in [6.45, 7) is 13.1. The molecule has 0 saturated carbocycles. The number of hydrogen-bond acceptors (Lipinski definition) is 1. The average molecular weight is 664 g/mol. The fourth-order valence-corrected chi connectivity index (χ4v) is 7.04. The second kappa shape index (κ2) is 16.8. The van der Waals surface area contributed by atoms with Crippen LogP contribution in [0.2, 0.25) is 0 Å². The molecule has 1 nitrogen and oxygen atoms in total. The SMILES string of the molecule is C/C=C(\C)c1ccc2ccccc2c1.C=CCN(C1=CC=C(c2ccc3ccccc3c2)CCC1)c1cc2ccccc2c2ccccc12.CC. The first kappa shape index (κ1) is 35.2. The second-order valence-electron chi connectivity index (χ2n) is 12.9. The van der Waals surface area contributed by atoms with Crippen LogP contribution in [0, 0.1) is 0 Å². The molecule has 1 aliphatic carbocycles. The number of hydrogen-bond donors (Lipinski definition) is 0. The van der Waals surface area contributed by atoms with Crippen LogP contribution >= 0.6 is 0 Å². The van der Waals surface area contributed by atoms with Gasteiger partial charge in [0.25, 0.3) is 0 Å². The molecule has 7 aromatic rings. The highest BCUT2D eigenvalue weighted by molar-refractivity contribution is 6.13. The Hall–Kier alpha value is -5.66. The first-order valence-corrected chi connectivity index (χ1v) is 18.4. The van der Waals surface area contributed by atoms with Gasteiger partial charge in [0.1, 0.15) is 0 Å². The fourth-order valence-electron chi connectivity index (χ4n) is 7.04. The molecule has 254 valence electrons. The zero-order valence-corrected chi connectivity index (χ0v) is 30.6. The number of nitrogens with zero attached hydrogens (tertiary/aromatic N) is 1. The van der Waals surface area contributed by atoms with E-state index in [9.17, 15) is 0 Å². The van der Waals surface area contributed by atoms with Gasteiger partial charge in [0, 0.05) is 23.3 Å². The van der Waals surface area contributed by atoms with Crippen LogP contribution in [0.5, 0.6) is 0 Å². The van der Waals surface area contributed by atoms with Crippen LogP contribution in [-0.2, 0) is 0 Å². The highest BCUT2D eigenvalue weighted by Gasteiger charge is 2.17. The Bertz CT molecular complexity index is 2390. The van der Waals surface area contributed by atoms with Gasteiger partial charge in [-0.3, -0.25) is 0 Å². The van der Waals surface area contributed by atoms with Crippen molar-refractivity contribution in [3.05, 3.63) is 187 Å². The van der Waals surface area contributed by atoms with E-state index in [1.54, 1.807) is 0 Å². The summed E-state index contributed by atoms with van der Waals surface area (Å²) in [7, 11) is 0. The average Bonchev–Trinajstić information content (AvgIpc) is 3.46. The molecule has 0 aromatic heterocycles. The Morgan fingerprint density at radius 3 is 1.88 bits per heavy atom. The molecule has 0 heterocycles. The number of rotatable bonds is 6. The van der Waals surface area contributed by atoms with E-state index in [-0.39, 0.29) is 0 Å². The van der Waals surface area contributed by atoms with Crippen molar-refractivity contribution in [2.24, 2.45) is 0 Å². The van der Waals surface area contributed by atoms with Crippen molar-refractivity contribution in [2.75, 3.05) is 11.4 Å². The Morgan fingerprint density at radius 2 is 1.20 bits per heavy atom. The molecule has 0 radical (unpaired) electrons. The minimum atomic E-state index is 0.785. The van der Waals surface area contributed by atoms with E-state index in [0.29, 0.717) is 0 Å². The Balaban J connectivity index is 0.000000234. The first-order chi connectivity index (χ1) is 25.1. The van der Waals surface area contributed by atoms with Crippen LogP contribution < -0.4 is 4.90 Å². The van der Waals surface area contributed by atoms with Crippen molar-refractivity contribution in [2.45, 2.75) is 47.0 Å². The van der Waals surface area contributed by atoms with Crippen molar-refractivity contribution in [1.29, 1.82) is 0 Å². The molecule has 51 heavy (non-hydrogen) atoms. The summed E-state index contributed by atoms with van der Waals surface area (Å²) < 4.78 is 0. The van der Waals surface area contributed by atoms with E-state index in [0.717, 1.165) is 25.8 Å². The van der Waals surface area contributed by atoms with Gasteiger partial charge in [-0.25, -0.2) is 0 Å². The molecule has 0 bridgehead atoms. The van der Waals surface area contributed by atoms with Crippen molar-refractivity contribution in [1.82, 2.24) is 0 Å². The minimum absolute atomic E-state index is 0.785. The van der Waals surface area contributed by atoms with Gasteiger partial charge in [-0.2, -0.15) is 0 Å². The zero-order valence-electron chi connectivity index (χ0n) is 30.6. The topological polar surface area (TPSA) is 3.24 Å². The van der Waals surface area contributed by atoms with Crippen LogP contribution in [0.1, 0.15) is 58.1 Å². The van der Waals surface area contributed by atoms with Crippen LogP contribution in [-0.4, -0.2) is 6.54 Å². The van der Waals surface area contributed by atoms with E-state index in [2.05, 4.69) is 183 Å². The molecular weight excluding hydrogens is 615 g/mol. The van der Waals surface area contributed by atoms with Crippen LogP contribution in [0.25, 0.3) is 54.2 Å². The maximum atomic E-state index is 4.09. The quantitative estimate of drug-likeness (QED) is 0.126. The van der Waals surface area contributed by atoms with Gasteiger partial charge in [0.2, 0.25) is 0 Å². The predicted molar refractivity (Wildman–Crippen MR) is 227 cm³/mol. The van der Waals surface area contributed by atoms with Gasteiger partial charge >= 0.3 is 0 Å². The number of anilines is 1. The second-order valence-corrected chi connectivity index (χ2v) is 12.9. The summed E-state index contributed by atoms with van der Waals surface area (Å²) >= 11 is 0. The minimum Gasteiger partial charge on any atom is -0.341 e.